The lowest BCUT2D eigenvalue weighted by molar-refractivity contribution is 0.0950. The van der Waals surface area contributed by atoms with Crippen LogP contribution in [0, 0.1) is 20.8 Å². The highest BCUT2D eigenvalue weighted by atomic mass is 32.1. The molecular weight excluding hydrogens is 284 g/mol. The lowest BCUT2D eigenvalue weighted by Crippen LogP contribution is -2.30. The highest BCUT2D eigenvalue weighted by Gasteiger charge is 2.17. The topological polar surface area (TPSA) is 59.8 Å². The van der Waals surface area contributed by atoms with E-state index in [0.717, 1.165) is 33.4 Å². The Bertz CT molecular complexity index is 644. The first kappa shape index (κ1) is 15.7. The van der Waals surface area contributed by atoms with Gasteiger partial charge in [-0.1, -0.05) is 6.92 Å². The van der Waals surface area contributed by atoms with Gasteiger partial charge >= 0.3 is 0 Å². The van der Waals surface area contributed by atoms with E-state index in [-0.39, 0.29) is 11.9 Å². The zero-order valence-electron chi connectivity index (χ0n) is 13.2. The fraction of sp³-hybridized carbons (Fsp3) is 0.533. The molecule has 21 heavy (non-hydrogen) atoms. The van der Waals surface area contributed by atoms with Crippen LogP contribution in [0.15, 0.2) is 6.07 Å². The molecule has 0 spiro atoms. The van der Waals surface area contributed by atoms with Crippen molar-refractivity contribution >= 4 is 17.2 Å². The molecule has 0 saturated carbocycles. The first-order chi connectivity index (χ1) is 9.92. The van der Waals surface area contributed by atoms with E-state index in [0.29, 0.717) is 6.54 Å². The van der Waals surface area contributed by atoms with Gasteiger partial charge in [0.05, 0.1) is 22.4 Å². The lowest BCUT2D eigenvalue weighted by atomic mass is 10.2. The van der Waals surface area contributed by atoms with Gasteiger partial charge in [-0.3, -0.25) is 9.48 Å². The Morgan fingerprint density at radius 3 is 2.71 bits per heavy atom. The van der Waals surface area contributed by atoms with Gasteiger partial charge in [-0.25, -0.2) is 4.98 Å². The van der Waals surface area contributed by atoms with E-state index in [4.69, 9.17) is 0 Å². The van der Waals surface area contributed by atoms with Gasteiger partial charge in [0.1, 0.15) is 4.88 Å². The van der Waals surface area contributed by atoms with Crippen LogP contribution in [0.5, 0.6) is 0 Å². The average Bonchev–Trinajstić information content (AvgIpc) is 2.97. The van der Waals surface area contributed by atoms with Crippen LogP contribution in [0.2, 0.25) is 0 Å². The van der Waals surface area contributed by atoms with Crippen molar-refractivity contribution in [3.63, 3.8) is 0 Å². The molecule has 0 aliphatic heterocycles. The van der Waals surface area contributed by atoms with Crippen LogP contribution in [0.4, 0.5) is 0 Å². The number of carbonyl (C=O) groups is 1. The number of aryl methyl sites for hydroxylation is 4. The number of nitrogens with one attached hydrogen (secondary N) is 1. The molecule has 0 saturated heterocycles. The third-order valence-corrected chi connectivity index (χ3v) is 4.38. The van der Waals surface area contributed by atoms with Gasteiger partial charge in [0.2, 0.25) is 0 Å². The highest BCUT2D eigenvalue weighted by molar-refractivity contribution is 7.13. The van der Waals surface area contributed by atoms with Gasteiger partial charge < -0.3 is 5.32 Å². The SMILES string of the molecule is CCc1nc(C)sc1C(=O)NCC(C)n1nc(C)cc1C. The maximum Gasteiger partial charge on any atom is 0.263 e. The van der Waals surface area contributed by atoms with E-state index < -0.39 is 0 Å². The van der Waals surface area contributed by atoms with Crippen molar-refractivity contribution in [3.8, 4) is 0 Å². The third kappa shape index (κ3) is 3.50. The molecule has 0 aliphatic carbocycles. The Kier molecular flexibility index (Phi) is 4.77. The van der Waals surface area contributed by atoms with E-state index in [2.05, 4.69) is 22.3 Å². The van der Waals surface area contributed by atoms with Crippen LogP contribution in [-0.4, -0.2) is 27.2 Å². The zero-order chi connectivity index (χ0) is 15.6. The van der Waals surface area contributed by atoms with E-state index in [9.17, 15) is 4.79 Å². The Labute approximate surface area is 129 Å². The normalized spacial score (nSPS) is 12.4. The Balaban J connectivity index is 2.02. The minimum atomic E-state index is -0.0363. The highest BCUT2D eigenvalue weighted by Crippen LogP contribution is 2.18. The molecule has 0 aliphatic rings. The summed E-state index contributed by atoms with van der Waals surface area (Å²) < 4.78 is 1.95. The van der Waals surface area contributed by atoms with Crippen LogP contribution < -0.4 is 5.32 Å². The molecule has 1 unspecified atom stereocenters. The van der Waals surface area contributed by atoms with Gasteiger partial charge in [-0.05, 0) is 40.2 Å². The minimum Gasteiger partial charge on any atom is -0.349 e. The summed E-state index contributed by atoms with van der Waals surface area (Å²) in [6.07, 6.45) is 0.778. The molecule has 0 fully saturated rings. The lowest BCUT2D eigenvalue weighted by Gasteiger charge is -2.15. The second kappa shape index (κ2) is 6.39. The molecule has 2 aromatic heterocycles. The predicted octanol–water partition coefficient (Wildman–Crippen LogP) is 2.82. The van der Waals surface area contributed by atoms with Gasteiger partial charge in [-0.15, -0.1) is 11.3 Å². The summed E-state index contributed by atoms with van der Waals surface area (Å²) in [7, 11) is 0. The van der Waals surface area contributed by atoms with Gasteiger partial charge in [0.25, 0.3) is 5.91 Å². The van der Waals surface area contributed by atoms with Crippen molar-refractivity contribution in [3.05, 3.63) is 33.0 Å². The molecule has 0 aromatic carbocycles. The summed E-state index contributed by atoms with van der Waals surface area (Å²) in [4.78, 5) is 17.4. The Hall–Kier alpha value is -1.69. The molecule has 114 valence electrons. The quantitative estimate of drug-likeness (QED) is 0.924. The molecule has 2 rings (SSSR count). The molecule has 1 amide bonds. The molecule has 0 bridgehead atoms. The molecule has 1 atom stereocenters. The number of hydrogen-bond acceptors (Lipinski definition) is 4. The fourth-order valence-electron chi connectivity index (χ4n) is 2.39. The van der Waals surface area contributed by atoms with Crippen molar-refractivity contribution in [2.45, 2.75) is 47.1 Å². The number of hydrogen-bond donors (Lipinski definition) is 1. The van der Waals surface area contributed by atoms with Crippen LogP contribution in [-0.2, 0) is 6.42 Å². The molecule has 1 N–H and O–H groups in total. The largest absolute Gasteiger partial charge is 0.349 e. The van der Waals surface area contributed by atoms with Crippen LogP contribution in [0.1, 0.15) is 51.7 Å². The van der Waals surface area contributed by atoms with E-state index >= 15 is 0 Å². The molecule has 5 nitrogen and oxygen atoms in total. The summed E-state index contributed by atoms with van der Waals surface area (Å²) in [6.45, 7) is 10.6. The third-order valence-electron chi connectivity index (χ3n) is 3.37. The average molecular weight is 306 g/mol. The van der Waals surface area contributed by atoms with Crippen molar-refractivity contribution < 1.29 is 4.79 Å². The summed E-state index contributed by atoms with van der Waals surface area (Å²) in [5, 5.41) is 8.38. The van der Waals surface area contributed by atoms with Crippen LogP contribution in [0.3, 0.4) is 0 Å². The van der Waals surface area contributed by atoms with Crippen LogP contribution in [0.25, 0.3) is 0 Å². The van der Waals surface area contributed by atoms with E-state index in [1.807, 2.05) is 38.4 Å². The number of rotatable bonds is 5. The molecule has 0 radical (unpaired) electrons. The maximum atomic E-state index is 12.3. The molecule has 2 aromatic rings. The van der Waals surface area contributed by atoms with Gasteiger partial charge in [0.15, 0.2) is 0 Å². The number of carbonyl (C=O) groups excluding carboxylic acids is 1. The molecule has 2 heterocycles. The van der Waals surface area contributed by atoms with Crippen molar-refractivity contribution in [2.24, 2.45) is 0 Å². The second-order valence-corrected chi connectivity index (χ2v) is 6.50. The van der Waals surface area contributed by atoms with E-state index in [1.54, 1.807) is 0 Å². The van der Waals surface area contributed by atoms with Crippen molar-refractivity contribution in [1.29, 1.82) is 0 Å². The predicted molar refractivity (Wildman–Crippen MR) is 85.0 cm³/mol. The number of aromatic nitrogens is 3. The summed E-state index contributed by atoms with van der Waals surface area (Å²) in [6, 6.07) is 2.17. The standard InChI is InChI=1S/C15H22N4OS/c1-6-13-14(21-12(5)17-13)15(20)16-8-11(4)19-10(3)7-9(2)18-19/h7,11H,6,8H2,1-5H3,(H,16,20). The van der Waals surface area contributed by atoms with Crippen LogP contribution >= 0.6 is 11.3 Å². The first-order valence-corrected chi connectivity index (χ1v) is 8.01. The summed E-state index contributed by atoms with van der Waals surface area (Å²) in [5.74, 6) is -0.0363. The smallest absolute Gasteiger partial charge is 0.263 e. The van der Waals surface area contributed by atoms with Gasteiger partial charge in [0, 0.05) is 12.2 Å². The first-order valence-electron chi connectivity index (χ1n) is 7.19. The molecular formula is C15H22N4OS. The van der Waals surface area contributed by atoms with Gasteiger partial charge in [-0.2, -0.15) is 5.10 Å². The zero-order valence-corrected chi connectivity index (χ0v) is 14.0. The second-order valence-electron chi connectivity index (χ2n) is 5.29. The number of amides is 1. The Morgan fingerprint density at radius 1 is 1.43 bits per heavy atom. The maximum absolute atomic E-state index is 12.3. The van der Waals surface area contributed by atoms with Crippen molar-refractivity contribution in [1.82, 2.24) is 20.1 Å². The minimum absolute atomic E-state index is 0.0363. The van der Waals surface area contributed by atoms with E-state index in [1.165, 1.54) is 11.3 Å². The number of nitrogens with zero attached hydrogens (tertiary/aromatic N) is 3. The molecule has 6 heteroatoms. The Morgan fingerprint density at radius 2 is 2.14 bits per heavy atom. The number of thiazole rings is 1. The fourth-order valence-corrected chi connectivity index (χ4v) is 3.31. The monoisotopic (exact) mass is 306 g/mol. The summed E-state index contributed by atoms with van der Waals surface area (Å²) in [5.41, 5.74) is 2.99. The summed E-state index contributed by atoms with van der Waals surface area (Å²) >= 11 is 1.46. The van der Waals surface area contributed by atoms with Crippen molar-refractivity contribution in [2.75, 3.05) is 6.54 Å².